The summed E-state index contributed by atoms with van der Waals surface area (Å²) < 4.78 is 18.8. The standard InChI is InChI=1S/C18H22N4O3/c1-2-12(1)6-19-7-13-8-22-15(10-23-9-13)18(20-21-22)14-3-4-16-17(5-14)25-11-24-16/h3-5,12-13,19H,1-2,6-11H2. The lowest BCUT2D eigenvalue weighted by molar-refractivity contribution is 0.0942. The average molecular weight is 342 g/mol. The Morgan fingerprint density at radius 1 is 1.12 bits per heavy atom. The predicted molar refractivity (Wildman–Crippen MR) is 90.3 cm³/mol. The molecular formula is C18H22N4O3. The molecule has 7 nitrogen and oxygen atoms in total. The van der Waals surface area contributed by atoms with Crippen molar-refractivity contribution in [2.24, 2.45) is 11.8 Å². The van der Waals surface area contributed by atoms with Crippen molar-refractivity contribution in [1.82, 2.24) is 20.3 Å². The lowest BCUT2D eigenvalue weighted by atomic mass is 10.1. The minimum absolute atomic E-state index is 0.275. The molecule has 1 unspecified atom stereocenters. The van der Waals surface area contributed by atoms with Crippen molar-refractivity contribution in [1.29, 1.82) is 0 Å². The van der Waals surface area contributed by atoms with Crippen LogP contribution in [0.3, 0.4) is 0 Å². The highest BCUT2D eigenvalue weighted by atomic mass is 16.7. The third-order valence-corrected chi connectivity index (χ3v) is 5.07. The van der Waals surface area contributed by atoms with Gasteiger partial charge < -0.3 is 19.5 Å². The minimum Gasteiger partial charge on any atom is -0.454 e. The molecule has 7 heteroatoms. The number of benzene rings is 1. The molecule has 1 aromatic carbocycles. The molecule has 25 heavy (non-hydrogen) atoms. The van der Waals surface area contributed by atoms with Crippen LogP contribution in [0, 0.1) is 11.8 Å². The number of rotatable bonds is 5. The molecule has 1 saturated carbocycles. The summed E-state index contributed by atoms with van der Waals surface area (Å²) in [6.07, 6.45) is 2.75. The molecule has 1 fully saturated rings. The molecule has 0 radical (unpaired) electrons. The Kier molecular flexibility index (Phi) is 3.83. The van der Waals surface area contributed by atoms with Gasteiger partial charge >= 0.3 is 0 Å². The smallest absolute Gasteiger partial charge is 0.231 e. The first-order chi connectivity index (χ1) is 12.4. The maximum absolute atomic E-state index is 5.92. The molecule has 1 N–H and O–H groups in total. The van der Waals surface area contributed by atoms with E-state index in [0.717, 1.165) is 60.6 Å². The van der Waals surface area contributed by atoms with Crippen molar-refractivity contribution in [2.75, 3.05) is 26.5 Å². The van der Waals surface area contributed by atoms with Crippen molar-refractivity contribution in [3.05, 3.63) is 23.9 Å². The van der Waals surface area contributed by atoms with Gasteiger partial charge in [-0.25, -0.2) is 4.68 Å². The Labute approximate surface area is 146 Å². The van der Waals surface area contributed by atoms with E-state index in [2.05, 4.69) is 15.6 Å². The van der Waals surface area contributed by atoms with Gasteiger partial charge in [-0.3, -0.25) is 0 Å². The fourth-order valence-corrected chi connectivity index (χ4v) is 3.45. The largest absolute Gasteiger partial charge is 0.454 e. The molecule has 3 aliphatic rings. The van der Waals surface area contributed by atoms with Crippen molar-refractivity contribution in [2.45, 2.75) is 26.0 Å². The summed E-state index contributed by atoms with van der Waals surface area (Å²) in [5.74, 6) is 2.86. The van der Waals surface area contributed by atoms with Crippen molar-refractivity contribution >= 4 is 0 Å². The van der Waals surface area contributed by atoms with Crippen molar-refractivity contribution in [3.8, 4) is 22.8 Å². The van der Waals surface area contributed by atoms with Gasteiger partial charge in [0.2, 0.25) is 6.79 Å². The summed E-state index contributed by atoms with van der Waals surface area (Å²) in [7, 11) is 0. The molecule has 5 rings (SSSR count). The second kappa shape index (κ2) is 6.31. The van der Waals surface area contributed by atoms with Crippen LogP contribution < -0.4 is 14.8 Å². The number of hydrogen-bond donors (Lipinski definition) is 1. The summed E-state index contributed by atoms with van der Waals surface area (Å²) >= 11 is 0. The van der Waals surface area contributed by atoms with Gasteiger partial charge in [0, 0.05) is 24.6 Å². The molecular weight excluding hydrogens is 320 g/mol. The lowest BCUT2D eigenvalue weighted by Gasteiger charge is -2.14. The Morgan fingerprint density at radius 3 is 2.92 bits per heavy atom. The van der Waals surface area contributed by atoms with Crippen LogP contribution in [0.25, 0.3) is 11.3 Å². The second-order valence-corrected chi connectivity index (χ2v) is 7.12. The minimum atomic E-state index is 0.275. The normalized spacial score (nSPS) is 21.8. The zero-order chi connectivity index (χ0) is 16.6. The predicted octanol–water partition coefficient (Wildman–Crippen LogP) is 1.82. The van der Waals surface area contributed by atoms with Crippen LogP contribution in [-0.4, -0.2) is 41.5 Å². The number of hydrogen-bond acceptors (Lipinski definition) is 6. The zero-order valence-corrected chi connectivity index (χ0v) is 14.1. The summed E-state index contributed by atoms with van der Waals surface area (Å²) in [6, 6.07) is 5.89. The van der Waals surface area contributed by atoms with Gasteiger partial charge in [0.1, 0.15) is 5.69 Å². The molecule has 1 atom stereocenters. The summed E-state index contributed by atoms with van der Waals surface area (Å²) in [6.45, 7) is 4.50. The summed E-state index contributed by atoms with van der Waals surface area (Å²) in [4.78, 5) is 0. The number of fused-ring (bicyclic) bond motifs is 2. The van der Waals surface area contributed by atoms with Crippen LogP contribution in [0.1, 0.15) is 18.5 Å². The fraction of sp³-hybridized carbons (Fsp3) is 0.556. The SMILES string of the molecule is c1cc2c(cc1-c1nnn3c1COCC(CNCC1CC1)C3)OCO2. The Balaban J connectivity index is 1.33. The first-order valence-corrected chi connectivity index (χ1v) is 8.97. The number of ether oxygens (including phenoxy) is 3. The van der Waals surface area contributed by atoms with E-state index in [-0.39, 0.29) is 6.79 Å². The topological polar surface area (TPSA) is 70.4 Å². The first-order valence-electron chi connectivity index (χ1n) is 8.97. The van der Waals surface area contributed by atoms with E-state index in [1.807, 2.05) is 22.9 Å². The van der Waals surface area contributed by atoms with Gasteiger partial charge in [-0.05, 0) is 43.5 Å². The van der Waals surface area contributed by atoms with Crippen LogP contribution in [-0.2, 0) is 17.9 Å². The van der Waals surface area contributed by atoms with E-state index in [9.17, 15) is 0 Å². The molecule has 1 aliphatic carbocycles. The van der Waals surface area contributed by atoms with E-state index in [1.165, 1.54) is 12.8 Å². The van der Waals surface area contributed by atoms with Gasteiger partial charge in [-0.1, -0.05) is 5.21 Å². The Hall–Kier alpha value is -2.12. The molecule has 0 spiro atoms. The molecule has 0 bridgehead atoms. The molecule has 3 heterocycles. The highest BCUT2D eigenvalue weighted by Gasteiger charge is 2.25. The fourth-order valence-electron chi connectivity index (χ4n) is 3.45. The van der Waals surface area contributed by atoms with Crippen molar-refractivity contribution < 1.29 is 14.2 Å². The van der Waals surface area contributed by atoms with E-state index < -0.39 is 0 Å². The van der Waals surface area contributed by atoms with Crippen LogP contribution in [0.4, 0.5) is 0 Å². The third kappa shape index (κ3) is 3.09. The molecule has 0 amide bonds. The molecule has 0 saturated heterocycles. The molecule has 2 aromatic rings. The maximum atomic E-state index is 5.92. The van der Waals surface area contributed by atoms with Crippen LogP contribution in [0.15, 0.2) is 18.2 Å². The molecule has 1 aromatic heterocycles. The number of aromatic nitrogens is 3. The van der Waals surface area contributed by atoms with E-state index in [4.69, 9.17) is 14.2 Å². The zero-order valence-electron chi connectivity index (χ0n) is 14.1. The highest BCUT2D eigenvalue weighted by molar-refractivity contribution is 5.66. The van der Waals surface area contributed by atoms with Gasteiger partial charge in [-0.2, -0.15) is 0 Å². The highest BCUT2D eigenvalue weighted by Crippen LogP contribution is 2.36. The molecule has 2 aliphatic heterocycles. The lowest BCUT2D eigenvalue weighted by Crippen LogP contribution is -2.29. The quantitative estimate of drug-likeness (QED) is 0.894. The van der Waals surface area contributed by atoms with Crippen LogP contribution in [0.5, 0.6) is 11.5 Å². The number of nitrogens with zero attached hydrogens (tertiary/aromatic N) is 3. The van der Waals surface area contributed by atoms with E-state index in [0.29, 0.717) is 12.5 Å². The Bertz CT molecular complexity index is 772. The summed E-state index contributed by atoms with van der Waals surface area (Å²) in [5.41, 5.74) is 2.88. The number of nitrogens with one attached hydrogen (secondary N) is 1. The van der Waals surface area contributed by atoms with Gasteiger partial charge in [0.25, 0.3) is 0 Å². The average Bonchev–Trinajstić information content (AvgIpc) is 3.25. The molecule has 132 valence electrons. The third-order valence-electron chi connectivity index (χ3n) is 5.07. The van der Waals surface area contributed by atoms with Crippen molar-refractivity contribution in [3.63, 3.8) is 0 Å². The monoisotopic (exact) mass is 342 g/mol. The van der Waals surface area contributed by atoms with Gasteiger partial charge in [0.15, 0.2) is 11.5 Å². The first kappa shape index (κ1) is 15.2. The van der Waals surface area contributed by atoms with Gasteiger partial charge in [-0.15, -0.1) is 5.10 Å². The van der Waals surface area contributed by atoms with Gasteiger partial charge in [0.05, 0.1) is 18.9 Å². The van der Waals surface area contributed by atoms with E-state index >= 15 is 0 Å². The van der Waals surface area contributed by atoms with Crippen LogP contribution >= 0.6 is 0 Å². The summed E-state index contributed by atoms with van der Waals surface area (Å²) in [5, 5.41) is 12.4. The Morgan fingerprint density at radius 2 is 2.00 bits per heavy atom. The second-order valence-electron chi connectivity index (χ2n) is 7.12. The van der Waals surface area contributed by atoms with Crippen LogP contribution in [0.2, 0.25) is 0 Å². The van der Waals surface area contributed by atoms with E-state index in [1.54, 1.807) is 0 Å². The maximum Gasteiger partial charge on any atom is 0.231 e.